The Hall–Kier alpha value is -1.52. The fourth-order valence-electron chi connectivity index (χ4n) is 2.42. The minimum absolute atomic E-state index is 0.805. The van der Waals surface area contributed by atoms with E-state index < -0.39 is 0 Å². The van der Waals surface area contributed by atoms with Crippen molar-refractivity contribution in [3.63, 3.8) is 0 Å². The van der Waals surface area contributed by atoms with Gasteiger partial charge in [0.2, 0.25) is 0 Å². The van der Waals surface area contributed by atoms with E-state index in [0.29, 0.717) is 0 Å². The van der Waals surface area contributed by atoms with Crippen molar-refractivity contribution in [3.8, 4) is 5.75 Å². The van der Waals surface area contributed by atoms with Crippen LogP contribution in [0.2, 0.25) is 0 Å². The summed E-state index contributed by atoms with van der Waals surface area (Å²) < 4.78 is 11.2. The number of hydrogen-bond donors (Lipinski definition) is 1. The van der Waals surface area contributed by atoms with Gasteiger partial charge < -0.3 is 14.5 Å². The van der Waals surface area contributed by atoms with E-state index in [0.717, 1.165) is 55.2 Å². The van der Waals surface area contributed by atoms with Gasteiger partial charge in [0, 0.05) is 31.6 Å². The van der Waals surface area contributed by atoms with E-state index in [1.54, 1.807) is 7.11 Å². The molecule has 2 heterocycles. The monoisotopic (exact) mass is 246 g/mol. The number of hydrogen-bond acceptors (Lipinski definition) is 4. The standard InChI is InChI=1S/C14H18N2O2/c1-17-13-4-2-3-11-9-12(18-14(11)13)10-16-7-5-15-6-8-16/h2-4,9,15H,5-8,10H2,1H3. The first-order valence-corrected chi connectivity index (χ1v) is 6.35. The molecule has 96 valence electrons. The lowest BCUT2D eigenvalue weighted by Crippen LogP contribution is -2.42. The van der Waals surface area contributed by atoms with E-state index >= 15 is 0 Å². The lowest BCUT2D eigenvalue weighted by atomic mass is 10.2. The van der Waals surface area contributed by atoms with Gasteiger partial charge in [0.05, 0.1) is 13.7 Å². The zero-order chi connectivity index (χ0) is 12.4. The first kappa shape index (κ1) is 11.6. The Morgan fingerprint density at radius 2 is 2.17 bits per heavy atom. The summed E-state index contributed by atoms with van der Waals surface area (Å²) in [6, 6.07) is 8.09. The Bertz CT molecular complexity index is 530. The number of para-hydroxylation sites is 1. The maximum atomic E-state index is 5.91. The second-order valence-electron chi connectivity index (χ2n) is 4.62. The van der Waals surface area contributed by atoms with Crippen molar-refractivity contribution in [1.82, 2.24) is 10.2 Å². The van der Waals surface area contributed by atoms with Gasteiger partial charge in [-0.1, -0.05) is 12.1 Å². The number of benzene rings is 1. The van der Waals surface area contributed by atoms with Crippen molar-refractivity contribution >= 4 is 11.0 Å². The van der Waals surface area contributed by atoms with Gasteiger partial charge in [-0.3, -0.25) is 4.90 Å². The van der Waals surface area contributed by atoms with Crippen molar-refractivity contribution < 1.29 is 9.15 Å². The second-order valence-corrected chi connectivity index (χ2v) is 4.62. The summed E-state index contributed by atoms with van der Waals surface area (Å²) in [6.07, 6.45) is 0. The third-order valence-electron chi connectivity index (χ3n) is 3.37. The highest BCUT2D eigenvalue weighted by Crippen LogP contribution is 2.28. The molecular formula is C14H18N2O2. The first-order valence-electron chi connectivity index (χ1n) is 6.35. The molecule has 1 aliphatic heterocycles. The molecule has 0 spiro atoms. The number of nitrogens with one attached hydrogen (secondary N) is 1. The molecule has 3 rings (SSSR count). The minimum Gasteiger partial charge on any atom is -0.493 e. The molecule has 0 atom stereocenters. The van der Waals surface area contributed by atoms with Crippen LogP contribution in [-0.4, -0.2) is 38.2 Å². The Morgan fingerprint density at radius 1 is 1.33 bits per heavy atom. The molecule has 4 nitrogen and oxygen atoms in total. The third kappa shape index (κ3) is 2.21. The lowest BCUT2D eigenvalue weighted by Gasteiger charge is -2.26. The molecule has 2 aromatic rings. The van der Waals surface area contributed by atoms with Crippen molar-refractivity contribution in [2.24, 2.45) is 0 Å². The van der Waals surface area contributed by atoms with Gasteiger partial charge in [-0.25, -0.2) is 0 Å². The fourth-order valence-corrected chi connectivity index (χ4v) is 2.42. The van der Waals surface area contributed by atoms with Gasteiger partial charge in [0.15, 0.2) is 11.3 Å². The summed E-state index contributed by atoms with van der Waals surface area (Å²) in [6.45, 7) is 5.15. The van der Waals surface area contributed by atoms with E-state index in [2.05, 4.69) is 22.3 Å². The molecule has 18 heavy (non-hydrogen) atoms. The minimum atomic E-state index is 0.805. The van der Waals surface area contributed by atoms with E-state index in [9.17, 15) is 0 Å². The highest BCUT2D eigenvalue weighted by atomic mass is 16.5. The molecule has 1 aromatic carbocycles. The normalized spacial score (nSPS) is 17.2. The van der Waals surface area contributed by atoms with Crippen LogP contribution in [0.15, 0.2) is 28.7 Å². The van der Waals surface area contributed by atoms with E-state index in [-0.39, 0.29) is 0 Å². The average Bonchev–Trinajstić information content (AvgIpc) is 2.82. The van der Waals surface area contributed by atoms with Crippen LogP contribution in [0.25, 0.3) is 11.0 Å². The molecule has 1 aliphatic rings. The van der Waals surface area contributed by atoms with Crippen LogP contribution in [0.4, 0.5) is 0 Å². The predicted octanol–water partition coefficient (Wildman–Crippen LogP) is 1.85. The van der Waals surface area contributed by atoms with Crippen molar-refractivity contribution in [1.29, 1.82) is 0 Å². The van der Waals surface area contributed by atoms with Gasteiger partial charge in [0.25, 0.3) is 0 Å². The van der Waals surface area contributed by atoms with E-state index in [4.69, 9.17) is 9.15 Å². The number of nitrogens with zero attached hydrogens (tertiary/aromatic N) is 1. The van der Waals surface area contributed by atoms with E-state index in [1.165, 1.54) is 0 Å². The summed E-state index contributed by atoms with van der Waals surface area (Å²) in [5.41, 5.74) is 0.852. The fraction of sp³-hybridized carbons (Fsp3) is 0.429. The van der Waals surface area contributed by atoms with Gasteiger partial charge in [-0.15, -0.1) is 0 Å². The van der Waals surface area contributed by atoms with Gasteiger partial charge in [-0.2, -0.15) is 0 Å². The maximum absolute atomic E-state index is 5.91. The van der Waals surface area contributed by atoms with Crippen LogP contribution < -0.4 is 10.1 Å². The molecule has 0 radical (unpaired) electrons. The number of fused-ring (bicyclic) bond motifs is 1. The van der Waals surface area contributed by atoms with Crippen LogP contribution in [0.3, 0.4) is 0 Å². The van der Waals surface area contributed by atoms with Crippen LogP contribution in [0.5, 0.6) is 5.75 Å². The molecule has 0 amide bonds. The molecular weight excluding hydrogens is 228 g/mol. The van der Waals surface area contributed by atoms with Crippen molar-refractivity contribution in [2.75, 3.05) is 33.3 Å². The Morgan fingerprint density at radius 3 is 2.94 bits per heavy atom. The highest BCUT2D eigenvalue weighted by molar-refractivity contribution is 5.83. The molecule has 0 unspecified atom stereocenters. The van der Waals surface area contributed by atoms with Crippen LogP contribution >= 0.6 is 0 Å². The predicted molar refractivity (Wildman–Crippen MR) is 70.9 cm³/mol. The quantitative estimate of drug-likeness (QED) is 0.897. The summed E-state index contributed by atoms with van der Waals surface area (Å²) in [5, 5.41) is 4.46. The van der Waals surface area contributed by atoms with Crippen LogP contribution in [0, 0.1) is 0 Å². The number of ether oxygens (including phenoxy) is 1. The summed E-state index contributed by atoms with van der Waals surface area (Å²) >= 11 is 0. The molecule has 0 bridgehead atoms. The van der Waals surface area contributed by atoms with Gasteiger partial charge in [-0.05, 0) is 12.1 Å². The molecule has 1 fully saturated rings. The lowest BCUT2D eigenvalue weighted by molar-refractivity contribution is 0.218. The zero-order valence-electron chi connectivity index (χ0n) is 10.6. The topological polar surface area (TPSA) is 37.6 Å². The van der Waals surface area contributed by atoms with Crippen molar-refractivity contribution in [2.45, 2.75) is 6.54 Å². The second kappa shape index (κ2) is 5.00. The van der Waals surface area contributed by atoms with Crippen LogP contribution in [-0.2, 0) is 6.54 Å². The van der Waals surface area contributed by atoms with Gasteiger partial charge in [0.1, 0.15) is 5.76 Å². The number of methoxy groups -OCH3 is 1. The number of piperazine rings is 1. The summed E-state index contributed by atoms with van der Waals surface area (Å²) in [4.78, 5) is 2.40. The summed E-state index contributed by atoms with van der Waals surface area (Å²) in [7, 11) is 1.67. The molecule has 0 saturated carbocycles. The summed E-state index contributed by atoms with van der Waals surface area (Å²) in [5.74, 6) is 1.82. The molecule has 1 aromatic heterocycles. The Kier molecular flexibility index (Phi) is 3.21. The van der Waals surface area contributed by atoms with Crippen molar-refractivity contribution in [3.05, 3.63) is 30.0 Å². The third-order valence-corrected chi connectivity index (χ3v) is 3.37. The Balaban J connectivity index is 1.84. The number of furan rings is 1. The smallest absolute Gasteiger partial charge is 0.176 e. The van der Waals surface area contributed by atoms with Gasteiger partial charge >= 0.3 is 0 Å². The molecule has 0 aliphatic carbocycles. The molecule has 4 heteroatoms. The SMILES string of the molecule is COc1cccc2cc(CN3CCNCC3)oc12. The van der Waals surface area contributed by atoms with Crippen LogP contribution in [0.1, 0.15) is 5.76 Å². The first-order chi connectivity index (χ1) is 8.86. The molecule has 1 saturated heterocycles. The Labute approximate surface area is 107 Å². The largest absolute Gasteiger partial charge is 0.493 e. The zero-order valence-corrected chi connectivity index (χ0v) is 10.6. The highest BCUT2D eigenvalue weighted by Gasteiger charge is 2.14. The molecule has 1 N–H and O–H groups in total. The van der Waals surface area contributed by atoms with E-state index in [1.807, 2.05) is 12.1 Å². The maximum Gasteiger partial charge on any atom is 0.176 e. The average molecular weight is 246 g/mol. The number of rotatable bonds is 3.